The van der Waals surface area contributed by atoms with Gasteiger partial charge in [-0.25, -0.2) is 0 Å². The highest BCUT2D eigenvalue weighted by atomic mass is 16.5. The Bertz CT molecular complexity index is 192. The summed E-state index contributed by atoms with van der Waals surface area (Å²) in [7, 11) is 1.75. The maximum atomic E-state index is 10.7. The molecule has 0 bridgehead atoms. The molecule has 1 heterocycles. The topological polar surface area (TPSA) is 84.6 Å². The van der Waals surface area contributed by atoms with Crippen LogP contribution in [0.3, 0.4) is 0 Å². The zero-order chi connectivity index (χ0) is 10.6. The van der Waals surface area contributed by atoms with Crippen LogP contribution < -0.4 is 11.1 Å². The van der Waals surface area contributed by atoms with Crippen molar-refractivity contribution in [2.24, 2.45) is 11.7 Å². The van der Waals surface area contributed by atoms with E-state index in [0.717, 1.165) is 12.8 Å². The summed E-state index contributed by atoms with van der Waals surface area (Å²) in [6, 6.07) is -0.987. The number of carbonyl (C=O) groups is 1. The van der Waals surface area contributed by atoms with Crippen LogP contribution in [0.25, 0.3) is 0 Å². The Labute approximate surface area is 83.6 Å². The minimum atomic E-state index is -0.948. The molecule has 0 aliphatic carbocycles. The third-order valence-corrected chi connectivity index (χ3v) is 2.78. The molecule has 5 heteroatoms. The standard InChI is InChI=1S/C9H18N2O3/c1-11-8(7(10)9(12)13)6-2-4-14-5-3-6/h6-8,11H,2-5,10H2,1H3,(H,12,13). The number of aliphatic carboxylic acids is 1. The van der Waals surface area contributed by atoms with E-state index in [0.29, 0.717) is 19.1 Å². The molecule has 0 aromatic carbocycles. The van der Waals surface area contributed by atoms with Crippen LogP contribution in [0.4, 0.5) is 0 Å². The van der Waals surface area contributed by atoms with E-state index in [2.05, 4.69) is 5.32 Å². The van der Waals surface area contributed by atoms with Gasteiger partial charge in [-0.2, -0.15) is 0 Å². The molecular formula is C9H18N2O3. The second-order valence-corrected chi connectivity index (χ2v) is 3.63. The van der Waals surface area contributed by atoms with Gasteiger partial charge < -0.3 is 20.9 Å². The van der Waals surface area contributed by atoms with Crippen LogP contribution in [-0.2, 0) is 9.53 Å². The largest absolute Gasteiger partial charge is 0.480 e. The van der Waals surface area contributed by atoms with Crippen LogP contribution in [0.2, 0.25) is 0 Å². The van der Waals surface area contributed by atoms with Crippen molar-refractivity contribution in [1.82, 2.24) is 5.32 Å². The molecule has 82 valence electrons. The molecule has 1 aliphatic heterocycles. The number of likely N-dealkylation sites (N-methyl/N-ethyl adjacent to an activating group) is 1. The molecule has 0 saturated carbocycles. The summed E-state index contributed by atoms with van der Waals surface area (Å²) >= 11 is 0. The van der Waals surface area contributed by atoms with E-state index in [1.165, 1.54) is 0 Å². The van der Waals surface area contributed by atoms with Gasteiger partial charge in [-0.1, -0.05) is 0 Å². The smallest absolute Gasteiger partial charge is 0.322 e. The quantitative estimate of drug-likeness (QED) is 0.567. The first-order chi connectivity index (χ1) is 6.66. The van der Waals surface area contributed by atoms with Gasteiger partial charge in [0, 0.05) is 19.3 Å². The molecule has 0 aromatic rings. The molecule has 0 radical (unpaired) electrons. The van der Waals surface area contributed by atoms with Gasteiger partial charge >= 0.3 is 5.97 Å². The minimum Gasteiger partial charge on any atom is -0.480 e. The Balaban J connectivity index is 2.55. The summed E-state index contributed by atoms with van der Waals surface area (Å²) in [5.74, 6) is -0.643. The van der Waals surface area contributed by atoms with Gasteiger partial charge in [0.15, 0.2) is 0 Å². The average Bonchev–Trinajstić information content (AvgIpc) is 2.20. The minimum absolute atomic E-state index is 0.156. The molecule has 2 atom stereocenters. The van der Waals surface area contributed by atoms with Gasteiger partial charge in [-0.3, -0.25) is 4.79 Å². The van der Waals surface area contributed by atoms with Gasteiger partial charge in [0.1, 0.15) is 6.04 Å². The average molecular weight is 202 g/mol. The molecular weight excluding hydrogens is 184 g/mol. The van der Waals surface area contributed by atoms with E-state index in [1.54, 1.807) is 7.05 Å². The van der Waals surface area contributed by atoms with Crippen molar-refractivity contribution in [1.29, 1.82) is 0 Å². The summed E-state index contributed by atoms with van der Waals surface area (Å²) in [6.07, 6.45) is 1.76. The van der Waals surface area contributed by atoms with Crippen molar-refractivity contribution in [2.75, 3.05) is 20.3 Å². The fraction of sp³-hybridized carbons (Fsp3) is 0.889. The summed E-state index contributed by atoms with van der Waals surface area (Å²) in [5, 5.41) is 11.8. The number of ether oxygens (including phenoxy) is 1. The second-order valence-electron chi connectivity index (χ2n) is 3.63. The molecule has 1 saturated heterocycles. The highest BCUT2D eigenvalue weighted by Crippen LogP contribution is 2.20. The van der Waals surface area contributed by atoms with Crippen molar-refractivity contribution >= 4 is 5.97 Å². The fourth-order valence-corrected chi connectivity index (χ4v) is 1.94. The van der Waals surface area contributed by atoms with Crippen molar-refractivity contribution in [3.05, 3.63) is 0 Å². The highest BCUT2D eigenvalue weighted by Gasteiger charge is 2.31. The Morgan fingerprint density at radius 3 is 2.57 bits per heavy atom. The molecule has 0 aromatic heterocycles. The van der Waals surface area contributed by atoms with Crippen LogP contribution in [-0.4, -0.2) is 43.4 Å². The number of nitrogens with two attached hydrogens (primary N) is 1. The van der Waals surface area contributed by atoms with Gasteiger partial charge in [0.2, 0.25) is 0 Å². The lowest BCUT2D eigenvalue weighted by Crippen LogP contribution is -2.53. The van der Waals surface area contributed by atoms with Crippen LogP contribution in [0.1, 0.15) is 12.8 Å². The summed E-state index contributed by atoms with van der Waals surface area (Å²) in [5.41, 5.74) is 5.60. The number of hydrogen-bond donors (Lipinski definition) is 3. The van der Waals surface area contributed by atoms with Gasteiger partial charge in [-0.05, 0) is 25.8 Å². The van der Waals surface area contributed by atoms with Crippen molar-refractivity contribution in [3.8, 4) is 0 Å². The zero-order valence-electron chi connectivity index (χ0n) is 8.40. The van der Waals surface area contributed by atoms with Gasteiger partial charge in [-0.15, -0.1) is 0 Å². The summed E-state index contributed by atoms with van der Waals surface area (Å²) in [6.45, 7) is 1.41. The molecule has 0 spiro atoms. The Kier molecular flexibility index (Phi) is 4.31. The van der Waals surface area contributed by atoms with Gasteiger partial charge in [0.25, 0.3) is 0 Å². The fourth-order valence-electron chi connectivity index (χ4n) is 1.94. The predicted octanol–water partition coefficient (Wildman–Crippen LogP) is -0.587. The lowest BCUT2D eigenvalue weighted by atomic mass is 9.87. The van der Waals surface area contributed by atoms with E-state index in [4.69, 9.17) is 15.6 Å². The van der Waals surface area contributed by atoms with E-state index in [-0.39, 0.29) is 6.04 Å². The van der Waals surface area contributed by atoms with E-state index in [1.807, 2.05) is 0 Å². The number of carboxylic acid groups (broad SMARTS) is 1. The van der Waals surface area contributed by atoms with Crippen LogP contribution in [0, 0.1) is 5.92 Å². The summed E-state index contributed by atoms with van der Waals surface area (Å²) < 4.78 is 5.22. The molecule has 5 nitrogen and oxygen atoms in total. The van der Waals surface area contributed by atoms with Gasteiger partial charge in [0.05, 0.1) is 0 Å². The normalized spacial score (nSPS) is 23.0. The third kappa shape index (κ3) is 2.67. The molecule has 14 heavy (non-hydrogen) atoms. The van der Waals surface area contributed by atoms with Crippen LogP contribution in [0.5, 0.6) is 0 Å². The Morgan fingerprint density at radius 2 is 2.14 bits per heavy atom. The summed E-state index contributed by atoms with van der Waals surface area (Å²) in [4.78, 5) is 10.7. The zero-order valence-corrected chi connectivity index (χ0v) is 8.40. The van der Waals surface area contributed by atoms with E-state index in [9.17, 15) is 4.79 Å². The number of carboxylic acids is 1. The van der Waals surface area contributed by atoms with Crippen LogP contribution in [0.15, 0.2) is 0 Å². The second kappa shape index (κ2) is 5.29. The monoisotopic (exact) mass is 202 g/mol. The lowest BCUT2D eigenvalue weighted by Gasteiger charge is -2.32. The van der Waals surface area contributed by atoms with Crippen molar-refractivity contribution < 1.29 is 14.6 Å². The maximum absolute atomic E-state index is 10.7. The molecule has 1 fully saturated rings. The molecule has 4 N–H and O–H groups in total. The maximum Gasteiger partial charge on any atom is 0.322 e. The third-order valence-electron chi connectivity index (χ3n) is 2.78. The molecule has 1 rings (SSSR count). The number of nitrogens with one attached hydrogen (secondary N) is 1. The predicted molar refractivity (Wildman–Crippen MR) is 52.0 cm³/mol. The SMILES string of the molecule is CNC(C1CCOCC1)C(N)C(=O)O. The molecule has 1 aliphatic rings. The number of hydrogen-bond acceptors (Lipinski definition) is 4. The van der Waals surface area contributed by atoms with Crippen molar-refractivity contribution in [3.63, 3.8) is 0 Å². The number of rotatable bonds is 4. The molecule has 0 amide bonds. The Hall–Kier alpha value is -0.650. The van der Waals surface area contributed by atoms with E-state index < -0.39 is 12.0 Å². The van der Waals surface area contributed by atoms with Crippen molar-refractivity contribution in [2.45, 2.75) is 24.9 Å². The van der Waals surface area contributed by atoms with Crippen LogP contribution >= 0.6 is 0 Å². The van der Waals surface area contributed by atoms with E-state index >= 15 is 0 Å². The molecule has 2 unspecified atom stereocenters. The first-order valence-electron chi connectivity index (χ1n) is 4.90. The first kappa shape index (κ1) is 11.4. The lowest BCUT2D eigenvalue weighted by molar-refractivity contribution is -0.139. The Morgan fingerprint density at radius 1 is 1.57 bits per heavy atom. The first-order valence-corrected chi connectivity index (χ1v) is 4.90. The highest BCUT2D eigenvalue weighted by molar-refractivity contribution is 5.74.